The van der Waals surface area contributed by atoms with E-state index in [0.29, 0.717) is 17.5 Å². The van der Waals surface area contributed by atoms with Gasteiger partial charge in [0.15, 0.2) is 0 Å². The molecule has 0 aliphatic carbocycles. The Hall–Kier alpha value is -2.92. The molecule has 0 unspecified atom stereocenters. The number of carbonyl (C=O) groups is 4. The SMILES string of the molecule is CCCC[C@@H](C=O)N(B(O)O)C(=O)[C@H](CC(C)C)NC(=O)[C@H](CC(C)C)NC(=O)OCc1ccccc1. The van der Waals surface area contributed by atoms with Gasteiger partial charge >= 0.3 is 13.3 Å². The summed E-state index contributed by atoms with van der Waals surface area (Å²) in [6.45, 7) is 9.43. The lowest BCUT2D eigenvalue weighted by atomic mass is 9.93. The lowest BCUT2D eigenvalue weighted by Gasteiger charge is -2.33. The molecule has 0 fully saturated rings. The molecule has 206 valence electrons. The van der Waals surface area contributed by atoms with E-state index in [9.17, 15) is 29.2 Å². The van der Waals surface area contributed by atoms with Gasteiger partial charge in [0.05, 0.1) is 6.04 Å². The number of amides is 3. The predicted octanol–water partition coefficient (Wildman–Crippen LogP) is 2.41. The van der Waals surface area contributed by atoms with Gasteiger partial charge in [0.1, 0.15) is 25.0 Å². The van der Waals surface area contributed by atoms with E-state index in [1.165, 1.54) is 0 Å². The first-order chi connectivity index (χ1) is 17.5. The lowest BCUT2D eigenvalue weighted by molar-refractivity contribution is -0.138. The minimum atomic E-state index is -2.20. The monoisotopic (exact) mass is 519 g/mol. The number of nitrogens with zero attached hydrogens (tertiary/aromatic N) is 1. The van der Waals surface area contributed by atoms with E-state index >= 15 is 0 Å². The molecule has 0 saturated heterocycles. The third-order valence-corrected chi connectivity index (χ3v) is 5.72. The molecule has 3 amide bonds. The largest absolute Gasteiger partial charge is 0.590 e. The molecule has 0 radical (unpaired) electrons. The third kappa shape index (κ3) is 11.8. The second kappa shape index (κ2) is 16.8. The van der Waals surface area contributed by atoms with Gasteiger partial charge < -0.3 is 35.0 Å². The van der Waals surface area contributed by atoms with Crippen molar-refractivity contribution in [2.24, 2.45) is 11.8 Å². The summed E-state index contributed by atoms with van der Waals surface area (Å²) in [5.74, 6) is -1.38. The fraction of sp³-hybridized carbons (Fsp3) is 0.615. The first-order valence-corrected chi connectivity index (χ1v) is 12.9. The second-order valence-corrected chi connectivity index (χ2v) is 10.0. The van der Waals surface area contributed by atoms with E-state index in [0.717, 1.165) is 12.0 Å². The van der Waals surface area contributed by atoms with E-state index in [4.69, 9.17) is 4.74 Å². The molecular weight excluding hydrogens is 477 g/mol. The Labute approximate surface area is 220 Å². The van der Waals surface area contributed by atoms with E-state index < -0.39 is 43.3 Å². The van der Waals surface area contributed by atoms with Crippen molar-refractivity contribution in [1.29, 1.82) is 0 Å². The summed E-state index contributed by atoms with van der Waals surface area (Å²) in [4.78, 5) is 51.4. The molecule has 0 heterocycles. The van der Waals surface area contributed by atoms with Crippen molar-refractivity contribution in [2.75, 3.05) is 0 Å². The maximum atomic E-state index is 13.4. The van der Waals surface area contributed by atoms with E-state index in [2.05, 4.69) is 10.6 Å². The standard InChI is InChI=1S/C26H42BN3O7/c1-6-7-13-21(16-31)30(27(35)36)25(33)23(15-19(4)5)28-24(32)22(14-18(2)3)29-26(34)37-17-20-11-9-8-10-12-20/h8-12,16,18-19,21-23,35-36H,6-7,13-15,17H2,1-5H3,(H,28,32)(H,29,34)/t21-,22-,23-/m0/s1. The molecule has 1 rings (SSSR count). The van der Waals surface area contributed by atoms with Gasteiger partial charge in [0, 0.05) is 0 Å². The van der Waals surface area contributed by atoms with Crippen LogP contribution in [0.1, 0.15) is 72.3 Å². The lowest BCUT2D eigenvalue weighted by Crippen LogP contribution is -2.60. The van der Waals surface area contributed by atoms with Crippen LogP contribution < -0.4 is 10.6 Å². The molecule has 0 bridgehead atoms. The van der Waals surface area contributed by atoms with Gasteiger partial charge in [0.25, 0.3) is 0 Å². The van der Waals surface area contributed by atoms with Gasteiger partial charge in [-0.15, -0.1) is 0 Å². The highest BCUT2D eigenvalue weighted by Gasteiger charge is 2.38. The molecule has 0 saturated carbocycles. The zero-order valence-corrected chi connectivity index (χ0v) is 22.6. The Morgan fingerprint density at radius 2 is 1.59 bits per heavy atom. The van der Waals surface area contributed by atoms with Gasteiger partial charge in [-0.2, -0.15) is 0 Å². The van der Waals surface area contributed by atoms with Crippen LogP contribution in [0.5, 0.6) is 0 Å². The summed E-state index contributed by atoms with van der Waals surface area (Å²) in [7, 11) is -2.20. The van der Waals surface area contributed by atoms with Gasteiger partial charge in [-0.1, -0.05) is 77.8 Å². The van der Waals surface area contributed by atoms with Crippen LogP contribution in [-0.4, -0.2) is 64.4 Å². The zero-order chi connectivity index (χ0) is 28.0. The van der Waals surface area contributed by atoms with Gasteiger partial charge in [-0.25, -0.2) is 4.79 Å². The Kier molecular flexibility index (Phi) is 14.5. The molecule has 0 aliphatic heterocycles. The number of hydrogen-bond acceptors (Lipinski definition) is 7. The van der Waals surface area contributed by atoms with Crippen molar-refractivity contribution < 1.29 is 34.0 Å². The van der Waals surface area contributed by atoms with Crippen molar-refractivity contribution >= 4 is 31.4 Å². The molecule has 4 N–H and O–H groups in total. The predicted molar refractivity (Wildman–Crippen MR) is 141 cm³/mol. The maximum Gasteiger partial charge on any atom is 0.590 e. The number of benzene rings is 1. The summed E-state index contributed by atoms with van der Waals surface area (Å²) >= 11 is 0. The molecule has 1 aromatic rings. The van der Waals surface area contributed by atoms with Crippen molar-refractivity contribution in [3.05, 3.63) is 35.9 Å². The maximum absolute atomic E-state index is 13.4. The summed E-state index contributed by atoms with van der Waals surface area (Å²) in [5.41, 5.74) is 0.792. The molecule has 0 spiro atoms. The fourth-order valence-electron chi connectivity index (χ4n) is 3.89. The van der Waals surface area contributed by atoms with Gasteiger partial charge in [0.2, 0.25) is 11.8 Å². The highest BCUT2D eigenvalue weighted by molar-refractivity contribution is 6.42. The van der Waals surface area contributed by atoms with Crippen LogP contribution in [0, 0.1) is 11.8 Å². The van der Waals surface area contributed by atoms with Crippen LogP contribution in [0.2, 0.25) is 0 Å². The minimum Gasteiger partial charge on any atom is -0.445 e. The van der Waals surface area contributed by atoms with E-state index in [-0.39, 0.29) is 37.7 Å². The first kappa shape index (κ1) is 32.1. The molecule has 11 heteroatoms. The normalized spacial score (nSPS) is 13.4. The topological polar surface area (TPSA) is 145 Å². The summed E-state index contributed by atoms with van der Waals surface area (Å²) in [6, 6.07) is 5.94. The van der Waals surface area contributed by atoms with Crippen LogP contribution in [0.3, 0.4) is 0 Å². The van der Waals surface area contributed by atoms with E-state index in [1.807, 2.05) is 65.0 Å². The number of hydrogen-bond donors (Lipinski definition) is 4. The highest BCUT2D eigenvalue weighted by atomic mass is 16.5. The number of rotatable bonds is 16. The van der Waals surface area contributed by atoms with Gasteiger partial charge in [-0.05, 0) is 36.7 Å². The Balaban J connectivity index is 3.03. The number of nitrogens with one attached hydrogen (secondary N) is 2. The Morgan fingerprint density at radius 3 is 2.11 bits per heavy atom. The molecule has 0 aliphatic rings. The minimum absolute atomic E-state index is 0.0331. The van der Waals surface area contributed by atoms with Crippen LogP contribution in [0.25, 0.3) is 0 Å². The smallest absolute Gasteiger partial charge is 0.445 e. The van der Waals surface area contributed by atoms with E-state index in [1.54, 1.807) is 0 Å². The van der Waals surface area contributed by atoms with Crippen molar-refractivity contribution in [1.82, 2.24) is 15.4 Å². The van der Waals surface area contributed by atoms with Crippen LogP contribution in [-0.2, 0) is 25.7 Å². The van der Waals surface area contributed by atoms with Crippen molar-refractivity contribution in [3.8, 4) is 0 Å². The number of unbranched alkanes of at least 4 members (excludes halogenated alkanes) is 1. The Morgan fingerprint density at radius 1 is 1.00 bits per heavy atom. The van der Waals surface area contributed by atoms with Crippen molar-refractivity contribution in [3.63, 3.8) is 0 Å². The summed E-state index contributed by atoms with van der Waals surface area (Å²) in [5, 5.41) is 25.1. The number of ether oxygens (including phenoxy) is 1. The molecule has 1 aromatic carbocycles. The number of aldehydes is 1. The highest BCUT2D eigenvalue weighted by Crippen LogP contribution is 2.15. The zero-order valence-electron chi connectivity index (χ0n) is 22.6. The Bertz CT molecular complexity index is 852. The van der Waals surface area contributed by atoms with Crippen LogP contribution in [0.15, 0.2) is 30.3 Å². The summed E-state index contributed by atoms with van der Waals surface area (Å²) < 4.78 is 5.25. The first-order valence-electron chi connectivity index (χ1n) is 12.9. The fourth-order valence-corrected chi connectivity index (χ4v) is 3.89. The number of carbonyl (C=O) groups excluding carboxylic acids is 4. The van der Waals surface area contributed by atoms with Crippen LogP contribution in [0.4, 0.5) is 4.79 Å². The molecule has 0 aromatic heterocycles. The van der Waals surface area contributed by atoms with Crippen molar-refractivity contribution in [2.45, 2.75) is 91.5 Å². The summed E-state index contributed by atoms with van der Waals surface area (Å²) in [6.07, 6.45) is 1.83. The molecule has 37 heavy (non-hydrogen) atoms. The average Bonchev–Trinajstić information content (AvgIpc) is 2.83. The molecule has 3 atom stereocenters. The quantitative estimate of drug-likeness (QED) is 0.194. The van der Waals surface area contributed by atoms with Gasteiger partial charge in [-0.3, -0.25) is 9.59 Å². The number of alkyl carbamates (subject to hydrolysis) is 1. The molecule has 10 nitrogen and oxygen atoms in total. The average molecular weight is 519 g/mol. The molecular formula is C26H42BN3O7. The second-order valence-electron chi connectivity index (χ2n) is 10.0. The third-order valence-electron chi connectivity index (χ3n) is 5.72. The van der Waals surface area contributed by atoms with Crippen LogP contribution >= 0.6 is 0 Å².